The van der Waals surface area contributed by atoms with Crippen molar-refractivity contribution in [2.24, 2.45) is 0 Å². The second-order valence-corrected chi connectivity index (χ2v) is 5.22. The Morgan fingerprint density at radius 1 is 1.35 bits per heavy atom. The lowest BCUT2D eigenvalue weighted by molar-refractivity contribution is -0.133. The van der Waals surface area contributed by atoms with Crippen molar-refractivity contribution in [1.82, 2.24) is 4.90 Å². The molecule has 0 aliphatic carbocycles. The van der Waals surface area contributed by atoms with E-state index < -0.39 is 23.6 Å². The van der Waals surface area contributed by atoms with E-state index in [4.69, 9.17) is 5.11 Å². The first kappa shape index (κ1) is 16.4. The third-order valence-electron chi connectivity index (χ3n) is 2.83. The van der Waals surface area contributed by atoms with E-state index >= 15 is 0 Å². The van der Waals surface area contributed by atoms with Gasteiger partial charge in [0.15, 0.2) is 0 Å². The fourth-order valence-electron chi connectivity index (χ4n) is 1.59. The molecule has 0 saturated heterocycles. The molecular formula is C13H15F2NO3S. The van der Waals surface area contributed by atoms with Crippen LogP contribution in [0.2, 0.25) is 0 Å². The zero-order valence-electron chi connectivity index (χ0n) is 11.1. The van der Waals surface area contributed by atoms with E-state index in [2.05, 4.69) is 0 Å². The molecule has 0 aliphatic heterocycles. The lowest BCUT2D eigenvalue weighted by Crippen LogP contribution is -2.31. The van der Waals surface area contributed by atoms with Crippen molar-refractivity contribution in [2.75, 3.05) is 18.6 Å². The Kier molecular flexibility index (Phi) is 5.94. The zero-order valence-corrected chi connectivity index (χ0v) is 11.9. The zero-order chi connectivity index (χ0) is 15.3. The van der Waals surface area contributed by atoms with E-state index in [9.17, 15) is 18.4 Å². The Labute approximate surface area is 119 Å². The van der Waals surface area contributed by atoms with Crippen LogP contribution in [0, 0.1) is 11.6 Å². The highest BCUT2D eigenvalue weighted by molar-refractivity contribution is 8.00. The smallest absolute Gasteiger partial charge is 0.313 e. The molecule has 1 rings (SSSR count). The Bertz CT molecular complexity index is 510. The largest absolute Gasteiger partial charge is 0.481 e. The minimum Gasteiger partial charge on any atom is -0.481 e. The van der Waals surface area contributed by atoms with E-state index in [0.717, 1.165) is 30.0 Å². The Hall–Kier alpha value is -1.63. The number of nitrogens with zero attached hydrogens (tertiary/aromatic N) is 1. The fraction of sp³-hybridized carbons (Fsp3) is 0.385. The molecular weight excluding hydrogens is 288 g/mol. The van der Waals surface area contributed by atoms with Crippen LogP contribution in [0.15, 0.2) is 18.2 Å². The predicted octanol–water partition coefficient (Wildman–Crippen LogP) is 2.30. The number of thioether (sulfide) groups is 1. The second-order valence-electron chi connectivity index (χ2n) is 4.23. The van der Waals surface area contributed by atoms with Gasteiger partial charge in [-0.05, 0) is 25.1 Å². The topological polar surface area (TPSA) is 57.6 Å². The van der Waals surface area contributed by atoms with Crippen LogP contribution in [0.25, 0.3) is 0 Å². The summed E-state index contributed by atoms with van der Waals surface area (Å²) in [6.45, 7) is 1.58. The molecule has 110 valence electrons. The Morgan fingerprint density at radius 2 is 2.00 bits per heavy atom. The molecule has 7 heteroatoms. The summed E-state index contributed by atoms with van der Waals surface area (Å²) in [7, 11) is 1.47. The number of halogens is 2. The highest BCUT2D eigenvalue weighted by Crippen LogP contribution is 2.23. The third-order valence-corrected chi connectivity index (χ3v) is 3.74. The van der Waals surface area contributed by atoms with Gasteiger partial charge in [-0.3, -0.25) is 9.59 Å². The van der Waals surface area contributed by atoms with Crippen molar-refractivity contribution in [3.8, 4) is 0 Å². The highest BCUT2D eigenvalue weighted by Gasteiger charge is 2.20. The van der Waals surface area contributed by atoms with Crippen molar-refractivity contribution in [2.45, 2.75) is 13.0 Å². The lowest BCUT2D eigenvalue weighted by Gasteiger charge is -2.25. The molecule has 0 radical (unpaired) electrons. The molecule has 1 amide bonds. The van der Waals surface area contributed by atoms with Gasteiger partial charge >= 0.3 is 5.97 Å². The van der Waals surface area contributed by atoms with Gasteiger partial charge in [0.05, 0.1) is 17.5 Å². The van der Waals surface area contributed by atoms with E-state index in [1.807, 2.05) is 0 Å². The van der Waals surface area contributed by atoms with Gasteiger partial charge < -0.3 is 10.0 Å². The quantitative estimate of drug-likeness (QED) is 0.876. The molecule has 1 aromatic carbocycles. The molecule has 0 spiro atoms. The summed E-state index contributed by atoms with van der Waals surface area (Å²) >= 11 is 0.959. The van der Waals surface area contributed by atoms with Crippen LogP contribution in [0.4, 0.5) is 8.78 Å². The summed E-state index contributed by atoms with van der Waals surface area (Å²) in [6.07, 6.45) is 0. The monoisotopic (exact) mass is 303 g/mol. The standard InChI is InChI=1S/C13H15F2NO3S/c1-8(10-5-9(14)3-4-11(10)15)16(2)12(17)6-20-7-13(18)19/h3-5,8H,6-7H2,1-2H3,(H,18,19). The van der Waals surface area contributed by atoms with Gasteiger partial charge in [-0.25, -0.2) is 8.78 Å². The maximum absolute atomic E-state index is 13.6. The number of amides is 1. The summed E-state index contributed by atoms with van der Waals surface area (Å²) in [5, 5.41) is 8.48. The van der Waals surface area contributed by atoms with Gasteiger partial charge in [0.1, 0.15) is 11.6 Å². The second kappa shape index (κ2) is 7.23. The minimum absolute atomic E-state index is 0.0237. The van der Waals surface area contributed by atoms with Gasteiger partial charge in [0, 0.05) is 12.6 Å². The van der Waals surface area contributed by atoms with Gasteiger partial charge in [0.25, 0.3) is 0 Å². The van der Waals surface area contributed by atoms with Crippen LogP contribution in [0.5, 0.6) is 0 Å². The first-order valence-corrected chi connectivity index (χ1v) is 6.98. The summed E-state index contributed by atoms with van der Waals surface area (Å²) in [6, 6.07) is 2.44. The maximum atomic E-state index is 13.6. The van der Waals surface area contributed by atoms with E-state index in [1.54, 1.807) is 6.92 Å². The first-order valence-electron chi connectivity index (χ1n) is 5.83. The normalized spacial score (nSPS) is 12.0. The van der Waals surface area contributed by atoms with E-state index in [-0.39, 0.29) is 23.0 Å². The van der Waals surface area contributed by atoms with Crippen molar-refractivity contribution < 1.29 is 23.5 Å². The van der Waals surface area contributed by atoms with Crippen LogP contribution in [0.1, 0.15) is 18.5 Å². The number of hydrogen-bond donors (Lipinski definition) is 1. The van der Waals surface area contributed by atoms with Crippen molar-refractivity contribution in [3.63, 3.8) is 0 Å². The number of benzene rings is 1. The molecule has 1 atom stereocenters. The van der Waals surface area contributed by atoms with Crippen molar-refractivity contribution in [3.05, 3.63) is 35.4 Å². The number of aliphatic carboxylic acids is 1. The van der Waals surface area contributed by atoms with Crippen LogP contribution >= 0.6 is 11.8 Å². The van der Waals surface area contributed by atoms with E-state index in [0.29, 0.717) is 0 Å². The average molecular weight is 303 g/mol. The molecule has 0 bridgehead atoms. The first-order chi connectivity index (χ1) is 9.32. The summed E-state index contributed by atoms with van der Waals surface area (Å²) < 4.78 is 26.7. The average Bonchev–Trinajstić information content (AvgIpc) is 2.39. The predicted molar refractivity (Wildman–Crippen MR) is 72.5 cm³/mol. The van der Waals surface area contributed by atoms with Crippen LogP contribution in [0.3, 0.4) is 0 Å². The molecule has 0 saturated carbocycles. The maximum Gasteiger partial charge on any atom is 0.313 e. The van der Waals surface area contributed by atoms with Crippen LogP contribution < -0.4 is 0 Å². The summed E-state index contributed by atoms with van der Waals surface area (Å²) in [5.74, 6) is -2.71. The molecule has 1 aromatic rings. The number of carbonyl (C=O) groups is 2. The van der Waals surface area contributed by atoms with Crippen LogP contribution in [-0.2, 0) is 9.59 Å². The number of carboxylic acid groups (broad SMARTS) is 1. The molecule has 0 fully saturated rings. The molecule has 1 unspecified atom stereocenters. The highest BCUT2D eigenvalue weighted by atomic mass is 32.2. The molecule has 1 N–H and O–H groups in total. The molecule has 0 aliphatic rings. The number of carboxylic acids is 1. The minimum atomic E-state index is -1.00. The molecule has 0 aromatic heterocycles. The summed E-state index contributed by atoms with van der Waals surface area (Å²) in [5.41, 5.74) is 0.0871. The molecule has 20 heavy (non-hydrogen) atoms. The van der Waals surface area contributed by atoms with Gasteiger partial charge in [-0.2, -0.15) is 0 Å². The Morgan fingerprint density at radius 3 is 2.60 bits per heavy atom. The SMILES string of the molecule is CC(c1cc(F)ccc1F)N(C)C(=O)CSCC(=O)O. The number of hydrogen-bond acceptors (Lipinski definition) is 3. The fourth-order valence-corrected chi connectivity index (χ4v) is 2.24. The Balaban J connectivity index is 2.70. The molecule has 0 heterocycles. The van der Waals surface area contributed by atoms with Crippen molar-refractivity contribution >= 4 is 23.6 Å². The summed E-state index contributed by atoms with van der Waals surface area (Å²) in [4.78, 5) is 23.5. The van der Waals surface area contributed by atoms with Gasteiger partial charge in [-0.15, -0.1) is 11.8 Å². The number of rotatable bonds is 6. The van der Waals surface area contributed by atoms with Gasteiger partial charge in [0.2, 0.25) is 5.91 Å². The van der Waals surface area contributed by atoms with Crippen LogP contribution in [-0.4, -0.2) is 40.4 Å². The van der Waals surface area contributed by atoms with Gasteiger partial charge in [-0.1, -0.05) is 0 Å². The third kappa shape index (κ3) is 4.48. The lowest BCUT2D eigenvalue weighted by atomic mass is 10.1. The van der Waals surface area contributed by atoms with E-state index in [1.165, 1.54) is 11.9 Å². The molecule has 4 nitrogen and oxygen atoms in total. The number of carbonyl (C=O) groups excluding carboxylic acids is 1. The van der Waals surface area contributed by atoms with Crippen molar-refractivity contribution in [1.29, 1.82) is 0 Å².